The summed E-state index contributed by atoms with van der Waals surface area (Å²) in [6, 6.07) is 0. The Labute approximate surface area is 97.3 Å². The van der Waals surface area contributed by atoms with E-state index in [0.717, 1.165) is 0 Å². The van der Waals surface area contributed by atoms with Crippen LogP contribution in [0.2, 0.25) is 0 Å². The van der Waals surface area contributed by atoms with E-state index in [4.69, 9.17) is 14.2 Å². The molecular weight excluding hydrogens is 231 g/mol. The van der Waals surface area contributed by atoms with Gasteiger partial charge in [-0.05, 0) is 40.5 Å². The van der Waals surface area contributed by atoms with Crippen LogP contribution >= 0.6 is 7.60 Å². The zero-order valence-corrected chi connectivity index (χ0v) is 11.3. The topological polar surface area (TPSA) is 76.0 Å². The molecule has 2 N–H and O–H groups in total. The molecule has 0 saturated carbocycles. The van der Waals surface area contributed by atoms with E-state index < -0.39 is 13.4 Å². The van der Waals surface area contributed by atoms with Gasteiger partial charge >= 0.3 is 7.60 Å². The molecule has 0 bridgehead atoms. The van der Waals surface area contributed by atoms with Crippen LogP contribution in [0.1, 0.15) is 40.5 Å². The van der Waals surface area contributed by atoms with E-state index in [9.17, 15) is 9.67 Å². The molecule has 0 aromatic rings. The van der Waals surface area contributed by atoms with Crippen molar-refractivity contribution in [3.63, 3.8) is 0 Å². The molecule has 0 fully saturated rings. The Morgan fingerprint density at radius 1 is 1.12 bits per heavy atom. The lowest BCUT2D eigenvalue weighted by atomic mass is 10.3. The lowest BCUT2D eigenvalue weighted by Gasteiger charge is -2.26. The monoisotopic (exact) mass is 254 g/mol. The van der Waals surface area contributed by atoms with Crippen LogP contribution in [0.4, 0.5) is 0 Å². The van der Waals surface area contributed by atoms with Gasteiger partial charge < -0.3 is 19.3 Å². The van der Waals surface area contributed by atoms with Crippen LogP contribution in [0.5, 0.6) is 0 Å². The third-order valence-electron chi connectivity index (χ3n) is 1.70. The minimum atomic E-state index is -3.51. The predicted molar refractivity (Wildman–Crippen MR) is 62.4 cm³/mol. The first-order valence-corrected chi connectivity index (χ1v) is 7.18. The highest BCUT2D eigenvalue weighted by molar-refractivity contribution is 7.54. The SMILES string of the molecule is CC(C)OP(=O)(OC(C)C)[C@H](O)CCCO. The van der Waals surface area contributed by atoms with E-state index in [2.05, 4.69) is 0 Å². The molecule has 0 saturated heterocycles. The number of hydrogen-bond donors (Lipinski definition) is 2. The van der Waals surface area contributed by atoms with E-state index in [1.54, 1.807) is 27.7 Å². The molecule has 0 aliphatic carbocycles. The standard InChI is InChI=1S/C10H23O5P/c1-8(2)14-16(13,15-9(3)4)10(12)6-5-7-11/h8-12H,5-7H2,1-4H3/t10-/m0/s1. The van der Waals surface area contributed by atoms with Crippen molar-refractivity contribution in [1.82, 2.24) is 0 Å². The van der Waals surface area contributed by atoms with E-state index >= 15 is 0 Å². The first kappa shape index (κ1) is 16.1. The summed E-state index contributed by atoms with van der Waals surface area (Å²) in [5.74, 6) is -1.18. The highest BCUT2D eigenvalue weighted by atomic mass is 31.2. The molecule has 0 unspecified atom stereocenters. The first-order chi connectivity index (χ1) is 7.31. The van der Waals surface area contributed by atoms with Crippen molar-refractivity contribution < 1.29 is 23.8 Å². The quantitative estimate of drug-likeness (QED) is 0.649. The van der Waals surface area contributed by atoms with Gasteiger partial charge in [0, 0.05) is 6.61 Å². The maximum atomic E-state index is 12.3. The molecule has 98 valence electrons. The van der Waals surface area contributed by atoms with Gasteiger partial charge in [0.25, 0.3) is 0 Å². The third kappa shape index (κ3) is 5.97. The maximum Gasteiger partial charge on any atom is 0.359 e. The van der Waals surface area contributed by atoms with Crippen LogP contribution in [0, 0.1) is 0 Å². The first-order valence-electron chi connectivity index (χ1n) is 5.57. The zero-order chi connectivity index (χ0) is 12.8. The number of aliphatic hydroxyl groups is 2. The Balaban J connectivity index is 4.56. The summed E-state index contributed by atoms with van der Waals surface area (Å²) in [6.45, 7) is 6.87. The van der Waals surface area contributed by atoms with E-state index in [1.807, 2.05) is 0 Å². The van der Waals surface area contributed by atoms with Gasteiger partial charge in [0.1, 0.15) is 0 Å². The second-order valence-corrected chi connectivity index (χ2v) is 6.29. The predicted octanol–water partition coefficient (Wildman–Crippen LogP) is 2.12. The minimum absolute atomic E-state index is 0.0551. The fraction of sp³-hybridized carbons (Fsp3) is 1.00. The largest absolute Gasteiger partial charge is 0.396 e. The van der Waals surface area contributed by atoms with Crippen molar-refractivity contribution in [2.45, 2.75) is 58.6 Å². The van der Waals surface area contributed by atoms with Crippen LogP contribution in [0.15, 0.2) is 0 Å². The molecule has 5 nitrogen and oxygen atoms in total. The second kappa shape index (κ2) is 7.41. The fourth-order valence-electron chi connectivity index (χ4n) is 1.19. The van der Waals surface area contributed by atoms with Gasteiger partial charge in [-0.25, -0.2) is 0 Å². The van der Waals surface area contributed by atoms with Gasteiger partial charge in [-0.3, -0.25) is 4.57 Å². The minimum Gasteiger partial charge on any atom is -0.396 e. The highest BCUT2D eigenvalue weighted by Gasteiger charge is 2.36. The van der Waals surface area contributed by atoms with Crippen molar-refractivity contribution in [1.29, 1.82) is 0 Å². The molecule has 0 rings (SSSR count). The Kier molecular flexibility index (Phi) is 7.44. The average Bonchev–Trinajstić information content (AvgIpc) is 2.11. The highest BCUT2D eigenvalue weighted by Crippen LogP contribution is 2.55. The number of hydrogen-bond acceptors (Lipinski definition) is 5. The van der Waals surface area contributed by atoms with Gasteiger partial charge in [0.2, 0.25) is 0 Å². The van der Waals surface area contributed by atoms with Crippen molar-refractivity contribution in [3.05, 3.63) is 0 Å². The summed E-state index contributed by atoms with van der Waals surface area (Å²) in [6.07, 6.45) is 0.00287. The van der Waals surface area contributed by atoms with Crippen LogP contribution in [0.3, 0.4) is 0 Å². The molecule has 0 heterocycles. The fourth-order valence-corrected chi connectivity index (χ4v) is 3.19. The smallest absolute Gasteiger partial charge is 0.359 e. The molecule has 0 radical (unpaired) electrons. The van der Waals surface area contributed by atoms with Gasteiger partial charge in [-0.1, -0.05) is 0 Å². The van der Waals surface area contributed by atoms with Crippen molar-refractivity contribution in [2.75, 3.05) is 6.61 Å². The Morgan fingerprint density at radius 3 is 1.88 bits per heavy atom. The molecule has 1 atom stereocenters. The molecular formula is C10H23O5P. The van der Waals surface area contributed by atoms with Crippen molar-refractivity contribution >= 4 is 7.60 Å². The summed E-state index contributed by atoms with van der Waals surface area (Å²) >= 11 is 0. The normalized spacial score (nSPS) is 14.8. The summed E-state index contributed by atoms with van der Waals surface area (Å²) in [7, 11) is -3.51. The second-order valence-electron chi connectivity index (χ2n) is 4.19. The third-order valence-corrected chi connectivity index (χ3v) is 4.12. The van der Waals surface area contributed by atoms with Gasteiger partial charge in [0.15, 0.2) is 5.85 Å². The lowest BCUT2D eigenvalue weighted by molar-refractivity contribution is 0.0953. The van der Waals surface area contributed by atoms with Crippen LogP contribution in [0.25, 0.3) is 0 Å². The molecule has 0 amide bonds. The Morgan fingerprint density at radius 2 is 1.56 bits per heavy atom. The van der Waals surface area contributed by atoms with Crippen molar-refractivity contribution in [3.8, 4) is 0 Å². The number of rotatable bonds is 8. The van der Waals surface area contributed by atoms with Crippen LogP contribution < -0.4 is 0 Å². The average molecular weight is 254 g/mol. The Hall–Kier alpha value is 0.0700. The van der Waals surface area contributed by atoms with E-state index in [1.165, 1.54) is 0 Å². The maximum absolute atomic E-state index is 12.3. The summed E-state index contributed by atoms with van der Waals surface area (Å²) in [4.78, 5) is 0. The lowest BCUT2D eigenvalue weighted by Crippen LogP contribution is -2.18. The van der Waals surface area contributed by atoms with E-state index in [-0.39, 0.29) is 25.2 Å². The van der Waals surface area contributed by atoms with Crippen molar-refractivity contribution in [2.24, 2.45) is 0 Å². The van der Waals surface area contributed by atoms with Gasteiger partial charge in [0.05, 0.1) is 12.2 Å². The molecule has 0 aromatic heterocycles. The van der Waals surface area contributed by atoms with Gasteiger partial charge in [-0.2, -0.15) is 0 Å². The van der Waals surface area contributed by atoms with Crippen LogP contribution in [-0.4, -0.2) is 34.9 Å². The summed E-state index contributed by atoms with van der Waals surface area (Å²) < 4.78 is 22.7. The Bertz CT molecular complexity index is 215. The van der Waals surface area contributed by atoms with Crippen LogP contribution in [-0.2, 0) is 13.6 Å². The molecule has 6 heteroatoms. The summed E-state index contributed by atoms with van der Waals surface area (Å²) in [5.41, 5.74) is 0. The van der Waals surface area contributed by atoms with E-state index in [0.29, 0.717) is 6.42 Å². The number of aliphatic hydroxyl groups excluding tert-OH is 2. The molecule has 0 spiro atoms. The summed E-state index contributed by atoms with van der Waals surface area (Å²) in [5, 5.41) is 18.4. The zero-order valence-electron chi connectivity index (χ0n) is 10.4. The van der Waals surface area contributed by atoms with Gasteiger partial charge in [-0.15, -0.1) is 0 Å². The molecule has 0 aliphatic rings. The molecule has 16 heavy (non-hydrogen) atoms. The molecule has 0 aliphatic heterocycles. The molecule has 0 aromatic carbocycles.